The summed E-state index contributed by atoms with van der Waals surface area (Å²) < 4.78 is 28.7. The van der Waals surface area contributed by atoms with Crippen LogP contribution in [0.2, 0.25) is 10.0 Å². The Morgan fingerprint density at radius 3 is 2.41 bits per heavy atom. The first kappa shape index (κ1) is 28.8. The van der Waals surface area contributed by atoms with Crippen LogP contribution in [0.25, 0.3) is 0 Å². The zero-order valence-corrected chi connectivity index (χ0v) is 23.4. The molecule has 0 radical (unpaired) electrons. The number of piperidine rings is 1. The fraction of sp³-hybridized carbons (Fsp3) is 0.600. The summed E-state index contributed by atoms with van der Waals surface area (Å²) in [7, 11) is 0. The van der Waals surface area contributed by atoms with Gasteiger partial charge in [-0.15, -0.1) is 0 Å². The van der Waals surface area contributed by atoms with Gasteiger partial charge in [0.15, 0.2) is 0 Å². The van der Waals surface area contributed by atoms with Crippen LogP contribution in [0.1, 0.15) is 66.9 Å². The number of carbonyl (C=O) groups is 1. The van der Waals surface area contributed by atoms with E-state index in [1.807, 2.05) is 48.5 Å². The smallest absolute Gasteiger partial charge is 0.410 e. The summed E-state index contributed by atoms with van der Waals surface area (Å²) in [6.45, 7) is 17.6. The van der Waals surface area contributed by atoms with Crippen molar-refractivity contribution in [3.05, 3.63) is 40.4 Å². The topological polar surface area (TPSA) is 74.2 Å². The Hall–Kier alpha value is -1.41. The molecule has 0 unspecified atom stereocenters. The van der Waals surface area contributed by atoms with Crippen molar-refractivity contribution in [2.24, 2.45) is 10.3 Å². The molecule has 1 aliphatic heterocycles. The Labute approximate surface area is 217 Å². The quantitative estimate of drug-likeness (QED) is 0.229. The van der Waals surface area contributed by atoms with Crippen LogP contribution in [0.3, 0.4) is 0 Å². The van der Waals surface area contributed by atoms with Gasteiger partial charge in [0, 0.05) is 30.1 Å². The number of hydrogen-bond donors (Lipinski definition) is 0. The van der Waals surface area contributed by atoms with Crippen LogP contribution < -0.4 is 4.74 Å². The zero-order chi connectivity index (χ0) is 25.8. The minimum absolute atomic E-state index is 0.0664. The molecule has 1 amide bonds. The number of rotatable bonds is 6. The van der Waals surface area contributed by atoms with E-state index in [0.29, 0.717) is 46.5 Å². The van der Waals surface area contributed by atoms with Crippen molar-refractivity contribution in [3.8, 4) is 5.75 Å². The van der Waals surface area contributed by atoms with E-state index in [2.05, 4.69) is 6.58 Å². The van der Waals surface area contributed by atoms with E-state index in [9.17, 15) is 9.35 Å². The highest BCUT2D eigenvalue weighted by atomic mass is 35.5. The van der Waals surface area contributed by atoms with Crippen LogP contribution in [-0.4, -0.2) is 50.8 Å². The number of nitrogens with zero attached hydrogens (tertiary/aromatic N) is 2. The van der Waals surface area contributed by atoms with Crippen LogP contribution in [0.4, 0.5) is 4.79 Å². The van der Waals surface area contributed by atoms with Crippen LogP contribution in [0, 0.1) is 5.92 Å². The number of halogens is 2. The SMILES string of the molecule is C=CCOc1cc(Cl)c(Cl)cc1C(=N[S@@+]([O-])C(C)(C)C)[C@H]1CCN(C(=O)OC(C)(C)C)[C@@H](C)C1. The predicted octanol–water partition coefficient (Wildman–Crippen LogP) is 6.85. The molecule has 0 bridgehead atoms. The molecule has 6 nitrogen and oxygen atoms in total. The van der Waals surface area contributed by atoms with Crippen molar-refractivity contribution < 1.29 is 18.8 Å². The number of hydrogen-bond acceptors (Lipinski definition) is 5. The normalized spacial score (nSPS) is 20.6. The van der Waals surface area contributed by atoms with Gasteiger partial charge in [-0.2, -0.15) is 0 Å². The van der Waals surface area contributed by atoms with Crippen LogP contribution in [0.15, 0.2) is 29.2 Å². The van der Waals surface area contributed by atoms with Crippen LogP contribution in [0.5, 0.6) is 5.75 Å². The molecule has 0 spiro atoms. The maximum atomic E-state index is 13.1. The molecule has 0 saturated carbocycles. The van der Waals surface area contributed by atoms with Gasteiger partial charge in [0.05, 0.1) is 10.0 Å². The molecular formula is C25H36Cl2N2O4S. The molecule has 3 atom stereocenters. The lowest BCUT2D eigenvalue weighted by atomic mass is 9.84. The second-order valence-electron chi connectivity index (χ2n) is 10.4. The third-order valence-electron chi connectivity index (χ3n) is 5.25. The molecular weight excluding hydrogens is 495 g/mol. The minimum atomic E-state index is -1.51. The van der Waals surface area contributed by atoms with Crippen molar-refractivity contribution in [1.82, 2.24) is 4.90 Å². The van der Waals surface area contributed by atoms with E-state index in [0.717, 1.165) is 0 Å². The monoisotopic (exact) mass is 530 g/mol. The predicted molar refractivity (Wildman–Crippen MR) is 142 cm³/mol. The van der Waals surface area contributed by atoms with Gasteiger partial charge in [-0.3, -0.25) is 0 Å². The Kier molecular flexibility index (Phi) is 9.79. The van der Waals surface area contributed by atoms with Crippen LogP contribution in [-0.2, 0) is 16.1 Å². The number of benzene rings is 1. The average molecular weight is 532 g/mol. The molecule has 1 aromatic rings. The lowest BCUT2D eigenvalue weighted by Crippen LogP contribution is -2.48. The highest BCUT2D eigenvalue weighted by Crippen LogP contribution is 2.37. The molecule has 0 N–H and O–H groups in total. The van der Waals surface area contributed by atoms with Crippen molar-refractivity contribution in [1.29, 1.82) is 0 Å². The van der Waals surface area contributed by atoms with Gasteiger partial charge in [0.2, 0.25) is 0 Å². The van der Waals surface area contributed by atoms with Gasteiger partial charge in [-0.1, -0.05) is 40.3 Å². The van der Waals surface area contributed by atoms with E-state index in [1.165, 1.54) is 0 Å². The van der Waals surface area contributed by atoms with Gasteiger partial charge in [-0.05, 0) is 67.4 Å². The molecule has 1 aliphatic rings. The third kappa shape index (κ3) is 7.80. The van der Waals surface area contributed by atoms with E-state index in [1.54, 1.807) is 23.1 Å². The van der Waals surface area contributed by atoms with Gasteiger partial charge in [-0.25, -0.2) is 4.79 Å². The number of likely N-dealkylation sites (tertiary alicyclic amines) is 1. The van der Waals surface area contributed by atoms with E-state index in [-0.39, 0.29) is 24.7 Å². The first-order chi connectivity index (χ1) is 15.6. The standard InChI is InChI=1S/C25H36Cl2N2O4S/c1-9-12-32-21-15-20(27)19(26)14-18(21)22(28-34(31)25(6,7)8)17-10-11-29(16(2)13-17)23(30)33-24(3,4)5/h9,14-17H,1,10-13H2,2-8H3/t16-,17-,34-/m0/s1. The van der Waals surface area contributed by atoms with Gasteiger partial charge in [0.1, 0.15) is 39.8 Å². The first-order valence-electron chi connectivity index (χ1n) is 11.4. The summed E-state index contributed by atoms with van der Waals surface area (Å²) in [5.41, 5.74) is 0.722. The Balaban J connectivity index is 2.47. The molecule has 1 aromatic carbocycles. The molecule has 1 fully saturated rings. The summed E-state index contributed by atoms with van der Waals surface area (Å²) in [5.74, 6) is 0.435. The van der Waals surface area contributed by atoms with Crippen molar-refractivity contribution >= 4 is 46.4 Å². The lowest BCUT2D eigenvalue weighted by molar-refractivity contribution is 0.00989. The van der Waals surface area contributed by atoms with Gasteiger partial charge < -0.3 is 18.9 Å². The Morgan fingerprint density at radius 2 is 1.88 bits per heavy atom. The van der Waals surface area contributed by atoms with Gasteiger partial charge in [0.25, 0.3) is 0 Å². The number of carbonyl (C=O) groups excluding carboxylic acids is 1. The number of ether oxygens (including phenoxy) is 2. The fourth-order valence-electron chi connectivity index (χ4n) is 3.58. The molecule has 1 heterocycles. The third-order valence-corrected chi connectivity index (χ3v) is 7.38. The van der Waals surface area contributed by atoms with Crippen molar-refractivity contribution in [2.75, 3.05) is 13.2 Å². The second-order valence-corrected chi connectivity index (χ2v) is 13.2. The average Bonchev–Trinajstić information content (AvgIpc) is 2.70. The summed E-state index contributed by atoms with van der Waals surface area (Å²) in [6.07, 6.45) is 2.56. The van der Waals surface area contributed by atoms with Gasteiger partial charge >= 0.3 is 6.09 Å². The van der Waals surface area contributed by atoms with E-state index < -0.39 is 21.7 Å². The largest absolute Gasteiger partial charge is 0.591 e. The summed E-state index contributed by atoms with van der Waals surface area (Å²) >= 11 is 11.1. The van der Waals surface area contributed by atoms with Crippen molar-refractivity contribution in [3.63, 3.8) is 0 Å². The lowest BCUT2D eigenvalue weighted by Gasteiger charge is -2.38. The molecule has 2 rings (SSSR count). The summed E-state index contributed by atoms with van der Waals surface area (Å²) in [6, 6.07) is 3.27. The molecule has 1 saturated heterocycles. The highest BCUT2D eigenvalue weighted by molar-refractivity contribution is 7.91. The molecule has 0 aromatic heterocycles. The van der Waals surface area contributed by atoms with E-state index >= 15 is 0 Å². The summed E-state index contributed by atoms with van der Waals surface area (Å²) in [4.78, 5) is 14.4. The maximum Gasteiger partial charge on any atom is 0.410 e. The molecule has 9 heteroatoms. The Morgan fingerprint density at radius 1 is 1.26 bits per heavy atom. The molecule has 34 heavy (non-hydrogen) atoms. The zero-order valence-electron chi connectivity index (χ0n) is 21.1. The van der Waals surface area contributed by atoms with Crippen molar-refractivity contribution in [2.45, 2.75) is 77.7 Å². The summed E-state index contributed by atoms with van der Waals surface area (Å²) in [5, 5.41) is 0.713. The van der Waals surface area contributed by atoms with Crippen LogP contribution >= 0.6 is 23.2 Å². The minimum Gasteiger partial charge on any atom is -0.591 e. The number of amides is 1. The maximum absolute atomic E-state index is 13.1. The highest BCUT2D eigenvalue weighted by Gasteiger charge is 2.37. The first-order valence-corrected chi connectivity index (χ1v) is 13.2. The van der Waals surface area contributed by atoms with E-state index in [4.69, 9.17) is 37.1 Å². The second kappa shape index (κ2) is 11.5. The fourth-order valence-corrected chi connectivity index (χ4v) is 4.60. The molecule has 190 valence electrons. The molecule has 0 aliphatic carbocycles. The Bertz CT molecular complexity index is 925.